The van der Waals surface area contributed by atoms with E-state index in [1.165, 1.54) is 12.3 Å². The third-order valence-corrected chi connectivity index (χ3v) is 2.91. The van der Waals surface area contributed by atoms with Gasteiger partial charge in [-0.1, -0.05) is 3.89 Å². The fourth-order valence-corrected chi connectivity index (χ4v) is 2.05. The van der Waals surface area contributed by atoms with Crippen LogP contribution in [0, 0.1) is 0 Å². The maximum absolute atomic E-state index is 12.9. The van der Waals surface area contributed by atoms with Gasteiger partial charge in [0.2, 0.25) is 0 Å². The first-order valence-corrected chi connectivity index (χ1v) is 5.96. The molecule has 7 heteroatoms. The highest BCUT2D eigenvalue weighted by Crippen LogP contribution is 2.28. The Balaban J connectivity index is 2.62. The van der Waals surface area contributed by atoms with Crippen LogP contribution in [0.25, 0.3) is 11.4 Å². The molecule has 0 saturated carbocycles. The molecular formula is C9H9FN2O3S. The van der Waals surface area contributed by atoms with Gasteiger partial charge in [0.15, 0.2) is 0 Å². The van der Waals surface area contributed by atoms with E-state index in [1.807, 2.05) is 6.92 Å². The van der Waals surface area contributed by atoms with Gasteiger partial charge in [0.05, 0.1) is 11.8 Å². The lowest BCUT2D eigenvalue weighted by atomic mass is 10.3. The van der Waals surface area contributed by atoms with E-state index in [1.54, 1.807) is 10.8 Å². The number of halogens is 1. The number of imidazole rings is 1. The highest BCUT2D eigenvalue weighted by atomic mass is 32.3. The Hall–Kier alpha value is -1.63. The minimum Gasteiger partial charge on any atom is -0.450 e. The fourth-order valence-electron chi connectivity index (χ4n) is 1.46. The first-order chi connectivity index (χ1) is 7.54. The Bertz CT molecular complexity index is 600. The molecule has 0 aromatic carbocycles. The summed E-state index contributed by atoms with van der Waals surface area (Å²) in [6.07, 6.45) is 4.31. The average Bonchev–Trinajstić information content (AvgIpc) is 2.84. The number of furan rings is 1. The molecule has 0 amide bonds. The van der Waals surface area contributed by atoms with E-state index < -0.39 is 15.3 Å². The molecule has 0 radical (unpaired) electrons. The van der Waals surface area contributed by atoms with Crippen LogP contribution in [-0.4, -0.2) is 18.0 Å². The summed E-state index contributed by atoms with van der Waals surface area (Å²) in [4.78, 5) is 3.98. The SMILES string of the molecule is CCn1ccnc1-c1ccoc1S(=O)(=O)F. The van der Waals surface area contributed by atoms with Crippen molar-refractivity contribution in [2.24, 2.45) is 0 Å². The maximum Gasteiger partial charge on any atom is 0.366 e. The number of hydrogen-bond donors (Lipinski definition) is 0. The summed E-state index contributed by atoms with van der Waals surface area (Å²) in [5.74, 6) is 0.368. The van der Waals surface area contributed by atoms with Crippen molar-refractivity contribution < 1.29 is 16.7 Å². The summed E-state index contributed by atoms with van der Waals surface area (Å²) >= 11 is 0. The predicted molar refractivity (Wildman–Crippen MR) is 53.9 cm³/mol. The molecule has 16 heavy (non-hydrogen) atoms. The van der Waals surface area contributed by atoms with Crippen molar-refractivity contribution in [1.82, 2.24) is 9.55 Å². The van der Waals surface area contributed by atoms with Gasteiger partial charge in [0.25, 0.3) is 5.09 Å². The largest absolute Gasteiger partial charge is 0.450 e. The van der Waals surface area contributed by atoms with E-state index in [4.69, 9.17) is 0 Å². The third-order valence-electron chi connectivity index (χ3n) is 2.15. The summed E-state index contributed by atoms with van der Waals surface area (Å²) in [7, 11) is -4.86. The fraction of sp³-hybridized carbons (Fsp3) is 0.222. The molecule has 0 saturated heterocycles. The highest BCUT2D eigenvalue weighted by Gasteiger charge is 2.24. The van der Waals surface area contributed by atoms with Crippen LogP contribution in [0.3, 0.4) is 0 Å². The van der Waals surface area contributed by atoms with Crippen LogP contribution in [0.4, 0.5) is 3.89 Å². The molecule has 0 bridgehead atoms. The van der Waals surface area contributed by atoms with Crippen molar-refractivity contribution in [3.63, 3.8) is 0 Å². The molecule has 0 aliphatic carbocycles. The van der Waals surface area contributed by atoms with Gasteiger partial charge in [-0.05, 0) is 13.0 Å². The molecule has 0 aliphatic heterocycles. The van der Waals surface area contributed by atoms with Crippen molar-refractivity contribution in [3.8, 4) is 11.4 Å². The van der Waals surface area contributed by atoms with Crippen molar-refractivity contribution >= 4 is 10.2 Å². The van der Waals surface area contributed by atoms with Gasteiger partial charge in [0, 0.05) is 18.9 Å². The highest BCUT2D eigenvalue weighted by molar-refractivity contribution is 7.86. The molecule has 0 aliphatic rings. The molecule has 2 aromatic heterocycles. The molecule has 0 N–H and O–H groups in total. The van der Waals surface area contributed by atoms with E-state index in [9.17, 15) is 12.3 Å². The van der Waals surface area contributed by atoms with Gasteiger partial charge in [0.1, 0.15) is 5.82 Å². The molecule has 86 valence electrons. The van der Waals surface area contributed by atoms with Crippen LogP contribution >= 0.6 is 0 Å². The smallest absolute Gasteiger partial charge is 0.366 e. The van der Waals surface area contributed by atoms with Gasteiger partial charge in [-0.2, -0.15) is 8.42 Å². The molecule has 0 atom stereocenters. The molecule has 0 fully saturated rings. The minimum atomic E-state index is -4.86. The minimum absolute atomic E-state index is 0.134. The van der Waals surface area contributed by atoms with Crippen LogP contribution in [0.1, 0.15) is 6.92 Å². The zero-order chi connectivity index (χ0) is 11.8. The van der Waals surface area contributed by atoms with E-state index >= 15 is 0 Å². The standard InChI is InChI=1S/C9H9FN2O3S/c1-2-12-5-4-11-8(12)7-3-6-15-9(7)16(10,13)14/h3-6H,2H2,1H3. The monoisotopic (exact) mass is 244 g/mol. The normalized spacial score (nSPS) is 11.9. The van der Waals surface area contributed by atoms with Crippen LogP contribution in [-0.2, 0) is 16.8 Å². The number of hydrogen-bond acceptors (Lipinski definition) is 4. The second kappa shape index (κ2) is 3.75. The van der Waals surface area contributed by atoms with Crippen molar-refractivity contribution in [3.05, 3.63) is 24.7 Å². The zero-order valence-corrected chi connectivity index (χ0v) is 9.24. The Morgan fingerprint density at radius 2 is 2.31 bits per heavy atom. The van der Waals surface area contributed by atoms with Crippen molar-refractivity contribution in [2.45, 2.75) is 18.6 Å². The predicted octanol–water partition coefficient (Wildman–Crippen LogP) is 1.82. The van der Waals surface area contributed by atoms with Crippen molar-refractivity contribution in [1.29, 1.82) is 0 Å². The van der Waals surface area contributed by atoms with Gasteiger partial charge in [-0.15, -0.1) is 0 Å². The molecule has 2 aromatic rings. The Labute approximate surface area is 91.7 Å². The van der Waals surface area contributed by atoms with Crippen LogP contribution in [0.2, 0.25) is 0 Å². The van der Waals surface area contributed by atoms with E-state index in [0.29, 0.717) is 12.4 Å². The Kier molecular flexibility index (Phi) is 2.55. The molecule has 0 unspecified atom stereocenters. The van der Waals surface area contributed by atoms with Crippen LogP contribution < -0.4 is 0 Å². The molecule has 0 spiro atoms. The van der Waals surface area contributed by atoms with Crippen LogP contribution in [0.15, 0.2) is 34.2 Å². The second-order valence-electron chi connectivity index (χ2n) is 3.10. The number of rotatable bonds is 3. The first kappa shape index (κ1) is 10.9. The number of aromatic nitrogens is 2. The van der Waals surface area contributed by atoms with E-state index in [-0.39, 0.29) is 5.56 Å². The molecular weight excluding hydrogens is 235 g/mol. The molecule has 5 nitrogen and oxygen atoms in total. The molecule has 2 heterocycles. The third kappa shape index (κ3) is 1.73. The zero-order valence-electron chi connectivity index (χ0n) is 8.42. The first-order valence-electron chi connectivity index (χ1n) is 4.57. The summed E-state index contributed by atoms with van der Waals surface area (Å²) in [6, 6.07) is 1.38. The van der Waals surface area contributed by atoms with Crippen molar-refractivity contribution in [2.75, 3.05) is 0 Å². The lowest BCUT2D eigenvalue weighted by Crippen LogP contribution is -1.99. The summed E-state index contributed by atoms with van der Waals surface area (Å²) < 4.78 is 40.8. The lowest BCUT2D eigenvalue weighted by molar-refractivity contribution is 0.435. The Morgan fingerprint density at radius 1 is 1.56 bits per heavy atom. The lowest BCUT2D eigenvalue weighted by Gasteiger charge is -2.02. The molecule has 2 rings (SSSR count). The van der Waals surface area contributed by atoms with Gasteiger partial charge in [-0.3, -0.25) is 0 Å². The number of nitrogens with zero attached hydrogens (tertiary/aromatic N) is 2. The second-order valence-corrected chi connectivity index (χ2v) is 4.34. The van der Waals surface area contributed by atoms with Crippen LogP contribution in [0.5, 0.6) is 0 Å². The van der Waals surface area contributed by atoms with E-state index in [2.05, 4.69) is 9.40 Å². The quantitative estimate of drug-likeness (QED) is 0.772. The summed E-state index contributed by atoms with van der Waals surface area (Å²) in [5.41, 5.74) is 0.134. The van der Waals surface area contributed by atoms with E-state index in [0.717, 1.165) is 6.26 Å². The average molecular weight is 244 g/mol. The maximum atomic E-state index is 12.9. The Morgan fingerprint density at radius 3 is 2.94 bits per heavy atom. The van der Waals surface area contributed by atoms with Gasteiger partial charge < -0.3 is 8.98 Å². The van der Waals surface area contributed by atoms with Gasteiger partial charge in [-0.25, -0.2) is 4.98 Å². The van der Waals surface area contributed by atoms with Gasteiger partial charge >= 0.3 is 10.2 Å². The summed E-state index contributed by atoms with van der Waals surface area (Å²) in [5, 5.41) is -0.701. The summed E-state index contributed by atoms with van der Waals surface area (Å²) in [6.45, 7) is 2.47. The number of aryl methyl sites for hydroxylation is 1. The topological polar surface area (TPSA) is 65.1 Å².